The number of aliphatic carboxylic acids is 1. The lowest BCUT2D eigenvalue weighted by Gasteiger charge is -2.38. The zero-order valence-electron chi connectivity index (χ0n) is 11.8. The number of rotatable bonds is 6. The molecule has 20 heavy (non-hydrogen) atoms. The van der Waals surface area contributed by atoms with Gasteiger partial charge in [-0.15, -0.1) is 0 Å². The topological polar surface area (TPSA) is 99.5 Å². The number of hydrogen-bond donors (Lipinski definition) is 2. The predicted octanol–water partition coefficient (Wildman–Crippen LogP) is -0.779. The van der Waals surface area contributed by atoms with E-state index >= 15 is 0 Å². The van der Waals surface area contributed by atoms with Crippen LogP contribution in [0.5, 0.6) is 0 Å². The summed E-state index contributed by atoms with van der Waals surface area (Å²) in [6.45, 7) is 2.35. The summed E-state index contributed by atoms with van der Waals surface area (Å²) in [6.07, 6.45) is -0.629. The van der Waals surface area contributed by atoms with Crippen LogP contribution in [0.1, 0.15) is 6.92 Å². The first kappa shape index (κ1) is 16.7. The van der Waals surface area contributed by atoms with Crippen LogP contribution in [-0.4, -0.2) is 90.7 Å². The van der Waals surface area contributed by atoms with Crippen LogP contribution in [0.2, 0.25) is 0 Å². The molecule has 2 N–H and O–H groups in total. The number of carboxylic acid groups (broad SMARTS) is 1. The molecule has 0 aromatic rings. The highest BCUT2D eigenvalue weighted by Crippen LogP contribution is 2.13. The Kier molecular flexibility index (Phi) is 6.69. The maximum atomic E-state index is 12.3. The standard InChI is InChI=1S/C12H22N2O6/c1-9-5-14(6-10(8-15)20-9)12(18)13(3-4-19-2)7-11(16)17/h9-10,15H,3-8H2,1-2H3,(H,16,17). The lowest BCUT2D eigenvalue weighted by molar-refractivity contribution is -0.138. The maximum absolute atomic E-state index is 12.3. The molecule has 1 aliphatic rings. The molecule has 1 rings (SSSR count). The van der Waals surface area contributed by atoms with Crippen LogP contribution in [-0.2, 0) is 14.3 Å². The predicted molar refractivity (Wildman–Crippen MR) is 69.5 cm³/mol. The van der Waals surface area contributed by atoms with Crippen LogP contribution >= 0.6 is 0 Å². The van der Waals surface area contributed by atoms with E-state index in [9.17, 15) is 9.59 Å². The second-order valence-electron chi connectivity index (χ2n) is 4.75. The Morgan fingerprint density at radius 1 is 1.45 bits per heavy atom. The first-order chi connectivity index (χ1) is 9.47. The second kappa shape index (κ2) is 8.03. The van der Waals surface area contributed by atoms with Crippen molar-refractivity contribution in [1.82, 2.24) is 9.80 Å². The first-order valence-electron chi connectivity index (χ1n) is 6.48. The highest BCUT2D eigenvalue weighted by Gasteiger charge is 2.31. The van der Waals surface area contributed by atoms with Crippen LogP contribution in [0.15, 0.2) is 0 Å². The summed E-state index contributed by atoms with van der Waals surface area (Å²) in [5, 5.41) is 18.0. The van der Waals surface area contributed by atoms with Gasteiger partial charge in [0.2, 0.25) is 0 Å². The Bertz CT molecular complexity index is 338. The molecule has 2 unspecified atom stereocenters. The van der Waals surface area contributed by atoms with Crippen molar-refractivity contribution in [3.05, 3.63) is 0 Å². The molecule has 1 fully saturated rings. The van der Waals surface area contributed by atoms with Gasteiger partial charge in [-0.1, -0.05) is 0 Å². The Morgan fingerprint density at radius 2 is 2.15 bits per heavy atom. The summed E-state index contributed by atoms with van der Waals surface area (Å²) in [5.74, 6) is -1.07. The van der Waals surface area contributed by atoms with Gasteiger partial charge in [-0.25, -0.2) is 4.79 Å². The molecule has 8 heteroatoms. The van der Waals surface area contributed by atoms with Gasteiger partial charge in [-0.05, 0) is 6.92 Å². The van der Waals surface area contributed by atoms with Crippen LogP contribution in [0.25, 0.3) is 0 Å². The van der Waals surface area contributed by atoms with Gasteiger partial charge in [0.05, 0.1) is 32.0 Å². The largest absolute Gasteiger partial charge is 0.480 e. The van der Waals surface area contributed by atoms with Crippen molar-refractivity contribution < 1.29 is 29.3 Å². The highest BCUT2D eigenvalue weighted by molar-refractivity contribution is 5.80. The molecule has 116 valence electrons. The van der Waals surface area contributed by atoms with Gasteiger partial charge >= 0.3 is 12.0 Å². The van der Waals surface area contributed by atoms with E-state index < -0.39 is 12.1 Å². The smallest absolute Gasteiger partial charge is 0.323 e. The molecular weight excluding hydrogens is 268 g/mol. The summed E-state index contributed by atoms with van der Waals surface area (Å²) >= 11 is 0. The van der Waals surface area contributed by atoms with Crippen LogP contribution in [0.4, 0.5) is 4.79 Å². The van der Waals surface area contributed by atoms with Crippen molar-refractivity contribution >= 4 is 12.0 Å². The molecule has 0 spiro atoms. The number of carbonyl (C=O) groups is 2. The fourth-order valence-electron chi connectivity index (χ4n) is 2.11. The van der Waals surface area contributed by atoms with E-state index in [1.54, 1.807) is 6.92 Å². The quantitative estimate of drug-likeness (QED) is 0.666. The lowest BCUT2D eigenvalue weighted by Crippen LogP contribution is -2.55. The summed E-state index contributed by atoms with van der Waals surface area (Å²) in [6, 6.07) is -0.377. The van der Waals surface area contributed by atoms with Crippen molar-refractivity contribution in [2.45, 2.75) is 19.1 Å². The normalized spacial score (nSPS) is 22.6. The summed E-state index contributed by atoms with van der Waals surface area (Å²) in [5.41, 5.74) is 0. The minimum atomic E-state index is -1.07. The average Bonchev–Trinajstić information content (AvgIpc) is 2.41. The molecule has 0 aromatic carbocycles. The van der Waals surface area contributed by atoms with E-state index in [2.05, 4.69) is 0 Å². The molecule has 0 bridgehead atoms. The summed E-state index contributed by atoms with van der Waals surface area (Å²) in [7, 11) is 1.49. The van der Waals surface area contributed by atoms with Gasteiger partial charge in [-0.2, -0.15) is 0 Å². The number of aliphatic hydroxyl groups excluding tert-OH is 1. The fraction of sp³-hybridized carbons (Fsp3) is 0.833. The molecule has 0 aromatic heterocycles. The van der Waals surface area contributed by atoms with E-state index in [0.717, 1.165) is 0 Å². The van der Waals surface area contributed by atoms with Gasteiger partial charge in [0, 0.05) is 20.2 Å². The van der Waals surface area contributed by atoms with E-state index in [4.69, 9.17) is 19.7 Å². The van der Waals surface area contributed by atoms with Crippen LogP contribution in [0.3, 0.4) is 0 Å². The number of aliphatic hydroxyl groups is 1. The van der Waals surface area contributed by atoms with E-state index in [-0.39, 0.29) is 45.0 Å². The van der Waals surface area contributed by atoms with Crippen LogP contribution < -0.4 is 0 Å². The van der Waals surface area contributed by atoms with Crippen molar-refractivity contribution in [3.63, 3.8) is 0 Å². The number of morpholine rings is 1. The fourth-order valence-corrected chi connectivity index (χ4v) is 2.11. The Labute approximate surface area is 117 Å². The van der Waals surface area contributed by atoms with Crippen LogP contribution in [0, 0.1) is 0 Å². The Balaban J connectivity index is 2.68. The number of carboxylic acids is 1. The summed E-state index contributed by atoms with van der Waals surface area (Å²) < 4.78 is 10.3. The number of hydrogen-bond acceptors (Lipinski definition) is 5. The van der Waals surface area contributed by atoms with Gasteiger partial charge in [0.1, 0.15) is 6.54 Å². The third-order valence-electron chi connectivity index (χ3n) is 2.96. The third-order valence-corrected chi connectivity index (χ3v) is 2.96. The Morgan fingerprint density at radius 3 is 2.70 bits per heavy atom. The average molecular weight is 290 g/mol. The Hall–Kier alpha value is -1.38. The molecule has 1 aliphatic heterocycles. The third kappa shape index (κ3) is 4.95. The molecule has 0 saturated carbocycles. The number of ether oxygens (including phenoxy) is 2. The molecule has 1 saturated heterocycles. The zero-order valence-corrected chi connectivity index (χ0v) is 11.8. The molecular formula is C12H22N2O6. The SMILES string of the molecule is COCCN(CC(=O)O)C(=O)N1CC(C)OC(CO)C1. The maximum Gasteiger partial charge on any atom is 0.323 e. The molecule has 8 nitrogen and oxygen atoms in total. The minimum Gasteiger partial charge on any atom is -0.480 e. The van der Waals surface area contributed by atoms with Gasteiger partial charge < -0.3 is 29.5 Å². The van der Waals surface area contributed by atoms with Crippen molar-refractivity contribution in [3.8, 4) is 0 Å². The van der Waals surface area contributed by atoms with E-state index in [0.29, 0.717) is 6.54 Å². The summed E-state index contributed by atoms with van der Waals surface area (Å²) in [4.78, 5) is 25.9. The monoisotopic (exact) mass is 290 g/mol. The van der Waals surface area contributed by atoms with Crippen molar-refractivity contribution in [2.75, 3.05) is 46.5 Å². The second-order valence-corrected chi connectivity index (χ2v) is 4.75. The minimum absolute atomic E-state index is 0.175. The molecule has 1 heterocycles. The molecule has 0 radical (unpaired) electrons. The van der Waals surface area contributed by atoms with Crippen molar-refractivity contribution in [2.24, 2.45) is 0 Å². The highest BCUT2D eigenvalue weighted by atomic mass is 16.5. The zero-order chi connectivity index (χ0) is 15.1. The lowest BCUT2D eigenvalue weighted by atomic mass is 10.2. The number of urea groups is 1. The van der Waals surface area contributed by atoms with E-state index in [1.165, 1.54) is 16.9 Å². The first-order valence-corrected chi connectivity index (χ1v) is 6.48. The van der Waals surface area contributed by atoms with Crippen molar-refractivity contribution in [1.29, 1.82) is 0 Å². The molecule has 0 aliphatic carbocycles. The number of carbonyl (C=O) groups excluding carboxylic acids is 1. The number of amides is 2. The van der Waals surface area contributed by atoms with Gasteiger partial charge in [0.25, 0.3) is 0 Å². The van der Waals surface area contributed by atoms with Gasteiger partial charge in [0.15, 0.2) is 0 Å². The van der Waals surface area contributed by atoms with Gasteiger partial charge in [-0.3, -0.25) is 4.79 Å². The van der Waals surface area contributed by atoms with E-state index in [1.807, 2.05) is 0 Å². The number of nitrogens with zero attached hydrogens (tertiary/aromatic N) is 2. The molecule has 2 atom stereocenters. The molecule has 2 amide bonds. The number of methoxy groups -OCH3 is 1.